The Hall–Kier alpha value is -3.07. The summed E-state index contributed by atoms with van der Waals surface area (Å²) in [5.41, 5.74) is 1.09. The zero-order chi connectivity index (χ0) is 20.9. The van der Waals surface area contributed by atoms with Crippen molar-refractivity contribution in [2.24, 2.45) is 0 Å². The van der Waals surface area contributed by atoms with E-state index in [0.717, 1.165) is 18.4 Å². The van der Waals surface area contributed by atoms with Gasteiger partial charge in [0.15, 0.2) is 10.9 Å². The van der Waals surface area contributed by atoms with Gasteiger partial charge in [-0.25, -0.2) is 0 Å². The molecule has 0 spiro atoms. The molecule has 9 heteroatoms. The van der Waals surface area contributed by atoms with Crippen LogP contribution in [0.25, 0.3) is 11.6 Å². The summed E-state index contributed by atoms with van der Waals surface area (Å²) in [4.78, 5) is 25.9. The zero-order valence-corrected chi connectivity index (χ0v) is 17.5. The fourth-order valence-electron chi connectivity index (χ4n) is 2.93. The molecule has 0 atom stereocenters. The largest absolute Gasteiger partial charge is 0.461 e. The lowest BCUT2D eigenvalue weighted by atomic mass is 10.2. The Labute approximate surface area is 178 Å². The molecule has 1 fully saturated rings. The van der Waals surface area contributed by atoms with E-state index in [2.05, 4.69) is 15.5 Å². The van der Waals surface area contributed by atoms with Gasteiger partial charge >= 0.3 is 0 Å². The first kappa shape index (κ1) is 20.2. The average Bonchev–Trinajstić information content (AvgIpc) is 3.23. The third kappa shape index (κ3) is 5.10. The minimum Gasteiger partial charge on any atom is -0.461 e. The molecule has 4 rings (SSSR count). The molecule has 1 aromatic carbocycles. The maximum absolute atomic E-state index is 12.5. The first-order valence-electron chi connectivity index (χ1n) is 9.77. The van der Waals surface area contributed by atoms with Crippen molar-refractivity contribution in [1.82, 2.24) is 25.0 Å². The molecular formula is C21H23N5O3S. The molecule has 1 N–H and O–H groups in total. The second-order valence-corrected chi connectivity index (χ2v) is 8.18. The number of thioether (sulfide) groups is 1. The lowest BCUT2D eigenvalue weighted by Crippen LogP contribution is -2.39. The van der Waals surface area contributed by atoms with Gasteiger partial charge in [-0.1, -0.05) is 42.1 Å². The number of likely N-dealkylation sites (N-methyl/N-ethyl adjacent to an activating group) is 1. The molecule has 156 valence electrons. The highest BCUT2D eigenvalue weighted by atomic mass is 32.2. The molecule has 8 nitrogen and oxygen atoms in total. The van der Waals surface area contributed by atoms with E-state index in [1.807, 2.05) is 41.0 Å². The predicted octanol–water partition coefficient (Wildman–Crippen LogP) is 2.42. The number of hydrogen-bond acceptors (Lipinski definition) is 6. The molecule has 2 aromatic heterocycles. The van der Waals surface area contributed by atoms with Crippen molar-refractivity contribution in [2.75, 3.05) is 19.3 Å². The number of rotatable bonds is 9. The molecule has 0 bridgehead atoms. The van der Waals surface area contributed by atoms with Crippen molar-refractivity contribution in [3.8, 4) is 11.6 Å². The molecule has 3 aromatic rings. The smallest absolute Gasteiger partial charge is 0.239 e. The highest BCUT2D eigenvalue weighted by Gasteiger charge is 2.24. The molecule has 0 unspecified atom stereocenters. The van der Waals surface area contributed by atoms with Gasteiger partial charge in [-0.2, -0.15) is 0 Å². The van der Waals surface area contributed by atoms with Gasteiger partial charge < -0.3 is 14.6 Å². The van der Waals surface area contributed by atoms with E-state index in [9.17, 15) is 9.59 Å². The normalized spacial score (nSPS) is 13.2. The number of benzene rings is 1. The van der Waals surface area contributed by atoms with Gasteiger partial charge in [0.25, 0.3) is 0 Å². The number of hydrogen-bond donors (Lipinski definition) is 1. The van der Waals surface area contributed by atoms with Crippen LogP contribution in [0.1, 0.15) is 18.4 Å². The molecule has 2 amide bonds. The summed E-state index contributed by atoms with van der Waals surface area (Å²) in [6, 6.07) is 13.9. The van der Waals surface area contributed by atoms with Crippen molar-refractivity contribution in [2.45, 2.75) is 30.6 Å². The number of carbonyl (C=O) groups excluding carboxylic acids is 2. The number of furan rings is 1. The van der Waals surface area contributed by atoms with Crippen LogP contribution in [0.5, 0.6) is 0 Å². The van der Waals surface area contributed by atoms with Gasteiger partial charge in [0, 0.05) is 13.1 Å². The van der Waals surface area contributed by atoms with E-state index in [-0.39, 0.29) is 30.2 Å². The first-order valence-corrected chi connectivity index (χ1v) is 10.8. The lowest BCUT2D eigenvalue weighted by molar-refractivity contribution is -0.132. The fraction of sp³-hybridized carbons (Fsp3) is 0.333. The van der Waals surface area contributed by atoms with E-state index in [1.165, 1.54) is 16.7 Å². The number of nitrogens with zero attached hydrogens (tertiary/aromatic N) is 4. The van der Waals surface area contributed by atoms with Crippen LogP contribution in [0.4, 0.5) is 0 Å². The number of nitrogens with one attached hydrogen (secondary N) is 1. The predicted molar refractivity (Wildman–Crippen MR) is 113 cm³/mol. The topological polar surface area (TPSA) is 93.3 Å². The van der Waals surface area contributed by atoms with Crippen LogP contribution in [-0.4, -0.2) is 56.9 Å². The van der Waals surface area contributed by atoms with Gasteiger partial charge in [0.2, 0.25) is 17.6 Å². The van der Waals surface area contributed by atoms with Gasteiger partial charge in [-0.15, -0.1) is 10.2 Å². The van der Waals surface area contributed by atoms with E-state index in [1.54, 1.807) is 19.4 Å². The van der Waals surface area contributed by atoms with Crippen LogP contribution in [0, 0.1) is 0 Å². The third-order valence-corrected chi connectivity index (χ3v) is 5.67. The van der Waals surface area contributed by atoms with Crippen LogP contribution in [0.2, 0.25) is 0 Å². The Bertz CT molecular complexity index is 999. The summed E-state index contributed by atoms with van der Waals surface area (Å²) in [7, 11) is 1.64. The second-order valence-electron chi connectivity index (χ2n) is 7.24. The minimum atomic E-state index is -0.139. The minimum absolute atomic E-state index is 0.0598. The molecule has 1 aliphatic carbocycles. The second kappa shape index (κ2) is 9.17. The quantitative estimate of drug-likeness (QED) is 0.529. The monoisotopic (exact) mass is 425 g/mol. The molecule has 30 heavy (non-hydrogen) atoms. The van der Waals surface area contributed by atoms with Gasteiger partial charge in [0.1, 0.15) is 0 Å². The van der Waals surface area contributed by atoms with Crippen LogP contribution in [0.15, 0.2) is 58.3 Å². The zero-order valence-electron chi connectivity index (χ0n) is 16.7. The van der Waals surface area contributed by atoms with Crippen LogP contribution >= 0.6 is 11.8 Å². The molecule has 0 aliphatic heterocycles. The van der Waals surface area contributed by atoms with Crippen LogP contribution < -0.4 is 5.32 Å². The van der Waals surface area contributed by atoms with Gasteiger partial charge in [-0.05, 0) is 30.5 Å². The molecule has 2 heterocycles. The van der Waals surface area contributed by atoms with E-state index >= 15 is 0 Å². The molecule has 0 radical (unpaired) electrons. The number of amides is 2. The molecular weight excluding hydrogens is 402 g/mol. The SMILES string of the molecule is CN(CC(=O)NC1CC1)C(=O)CSc1nnc(-c2ccco2)n1Cc1ccccc1. The maximum atomic E-state index is 12.5. The molecule has 0 saturated heterocycles. The van der Waals surface area contributed by atoms with Gasteiger partial charge in [-0.3, -0.25) is 14.2 Å². The summed E-state index contributed by atoms with van der Waals surface area (Å²) < 4.78 is 7.44. The Morgan fingerprint density at radius 1 is 1.20 bits per heavy atom. The van der Waals surface area contributed by atoms with E-state index in [0.29, 0.717) is 23.3 Å². The third-order valence-electron chi connectivity index (χ3n) is 4.72. The molecule has 1 saturated carbocycles. The van der Waals surface area contributed by atoms with Gasteiger partial charge in [0.05, 0.1) is 25.1 Å². The van der Waals surface area contributed by atoms with Crippen LogP contribution in [-0.2, 0) is 16.1 Å². The maximum Gasteiger partial charge on any atom is 0.239 e. The summed E-state index contributed by atoms with van der Waals surface area (Å²) in [5.74, 6) is 1.13. The summed E-state index contributed by atoms with van der Waals surface area (Å²) in [6.07, 6.45) is 3.64. The van der Waals surface area contributed by atoms with E-state index < -0.39 is 0 Å². The van der Waals surface area contributed by atoms with Crippen molar-refractivity contribution in [1.29, 1.82) is 0 Å². The average molecular weight is 426 g/mol. The Balaban J connectivity index is 1.44. The summed E-state index contributed by atoms with van der Waals surface area (Å²) >= 11 is 1.30. The van der Waals surface area contributed by atoms with Crippen molar-refractivity contribution in [3.05, 3.63) is 54.3 Å². The Kier molecular flexibility index (Phi) is 6.18. The highest BCUT2D eigenvalue weighted by molar-refractivity contribution is 7.99. The highest BCUT2D eigenvalue weighted by Crippen LogP contribution is 2.25. The number of carbonyl (C=O) groups is 2. The Morgan fingerprint density at radius 2 is 2.00 bits per heavy atom. The summed E-state index contributed by atoms with van der Waals surface area (Å²) in [5, 5.41) is 12.1. The van der Waals surface area contributed by atoms with Crippen molar-refractivity contribution < 1.29 is 14.0 Å². The number of aromatic nitrogens is 3. The van der Waals surface area contributed by atoms with Crippen molar-refractivity contribution >= 4 is 23.6 Å². The standard InChI is InChI=1S/C21H23N5O3S/c1-25(13-18(27)22-16-9-10-16)19(28)14-30-21-24-23-20(17-8-5-11-29-17)26(21)12-15-6-3-2-4-7-15/h2-8,11,16H,9-10,12-14H2,1H3,(H,22,27). The van der Waals surface area contributed by atoms with E-state index in [4.69, 9.17) is 4.42 Å². The first-order chi connectivity index (χ1) is 14.6. The van der Waals surface area contributed by atoms with Crippen LogP contribution in [0.3, 0.4) is 0 Å². The fourth-order valence-corrected chi connectivity index (χ4v) is 3.81. The molecule has 1 aliphatic rings. The summed E-state index contributed by atoms with van der Waals surface area (Å²) in [6.45, 7) is 0.615. The van der Waals surface area contributed by atoms with Crippen molar-refractivity contribution in [3.63, 3.8) is 0 Å². The lowest BCUT2D eigenvalue weighted by Gasteiger charge is -2.16. The Morgan fingerprint density at radius 3 is 2.70 bits per heavy atom.